The Morgan fingerprint density at radius 3 is 2.76 bits per heavy atom. The first-order valence-electron chi connectivity index (χ1n) is 8.90. The predicted molar refractivity (Wildman–Crippen MR) is 95.5 cm³/mol. The van der Waals surface area contributed by atoms with Crippen LogP contribution in [-0.4, -0.2) is 32.1 Å². The molecular weight excluding hydrogens is 342 g/mol. The van der Waals surface area contributed by atoms with E-state index in [0.717, 1.165) is 17.9 Å². The molecule has 6 heteroatoms. The van der Waals surface area contributed by atoms with Crippen molar-refractivity contribution in [3.05, 3.63) is 34.9 Å². The normalized spacial score (nSPS) is 27.1. The summed E-state index contributed by atoms with van der Waals surface area (Å²) in [4.78, 5) is 12.3. The fourth-order valence-electron chi connectivity index (χ4n) is 4.16. The molecule has 1 aromatic carbocycles. The van der Waals surface area contributed by atoms with Crippen LogP contribution in [0.1, 0.15) is 44.3 Å². The van der Waals surface area contributed by atoms with E-state index in [4.69, 9.17) is 25.8 Å². The van der Waals surface area contributed by atoms with Gasteiger partial charge in [0, 0.05) is 23.7 Å². The summed E-state index contributed by atoms with van der Waals surface area (Å²) in [5, 5.41) is 3.61. The molecule has 2 aliphatic rings. The lowest BCUT2D eigenvalue weighted by molar-refractivity contribution is -0.112. The van der Waals surface area contributed by atoms with Crippen molar-refractivity contribution < 1.29 is 19.0 Å². The molecule has 0 spiro atoms. The van der Waals surface area contributed by atoms with E-state index in [1.807, 2.05) is 25.1 Å². The van der Waals surface area contributed by atoms with Crippen LogP contribution in [0.4, 0.5) is 4.79 Å². The van der Waals surface area contributed by atoms with Crippen molar-refractivity contribution in [3.8, 4) is 0 Å². The molecule has 1 aromatic rings. The Balaban J connectivity index is 1.60. The summed E-state index contributed by atoms with van der Waals surface area (Å²) in [7, 11) is 1.55. The van der Waals surface area contributed by atoms with Gasteiger partial charge >= 0.3 is 6.09 Å². The number of hydrogen-bond donors (Lipinski definition) is 1. The number of fused-ring (bicyclic) bond motifs is 2. The molecule has 3 rings (SSSR count). The third-order valence-electron chi connectivity index (χ3n) is 5.34. The Bertz CT molecular complexity index is 597. The van der Waals surface area contributed by atoms with Crippen LogP contribution >= 0.6 is 11.6 Å². The van der Waals surface area contributed by atoms with Crippen LogP contribution in [0.5, 0.6) is 0 Å². The highest BCUT2D eigenvalue weighted by Crippen LogP contribution is 2.44. The SMILES string of the molecule is COCOC(c1ccccc1Cl)C(C)OC(=O)NC1CC2CCC1C2. The number of ether oxygens (including phenoxy) is 3. The fourth-order valence-corrected chi connectivity index (χ4v) is 4.41. The van der Waals surface area contributed by atoms with Crippen LogP contribution in [0.2, 0.25) is 5.02 Å². The van der Waals surface area contributed by atoms with Gasteiger partial charge < -0.3 is 19.5 Å². The summed E-state index contributed by atoms with van der Waals surface area (Å²) < 4.78 is 16.3. The number of nitrogens with one attached hydrogen (secondary N) is 1. The lowest BCUT2D eigenvalue weighted by Crippen LogP contribution is -2.41. The number of benzene rings is 1. The molecule has 138 valence electrons. The number of carbonyl (C=O) groups excluding carboxylic acids is 1. The lowest BCUT2D eigenvalue weighted by atomic mass is 9.96. The highest BCUT2D eigenvalue weighted by molar-refractivity contribution is 6.31. The van der Waals surface area contributed by atoms with Gasteiger partial charge in [-0.15, -0.1) is 0 Å². The summed E-state index contributed by atoms with van der Waals surface area (Å²) in [5.74, 6) is 1.38. The zero-order valence-electron chi connectivity index (χ0n) is 14.7. The van der Waals surface area contributed by atoms with Gasteiger partial charge in [-0.2, -0.15) is 0 Å². The summed E-state index contributed by atoms with van der Waals surface area (Å²) in [5.41, 5.74) is 0.779. The van der Waals surface area contributed by atoms with E-state index in [1.54, 1.807) is 13.2 Å². The molecule has 0 saturated heterocycles. The highest BCUT2D eigenvalue weighted by atomic mass is 35.5. The molecule has 0 aromatic heterocycles. The number of hydrogen-bond acceptors (Lipinski definition) is 4. The van der Waals surface area contributed by atoms with Crippen LogP contribution in [-0.2, 0) is 14.2 Å². The number of alkyl carbamates (subject to hydrolysis) is 1. The Hall–Kier alpha value is -1.30. The smallest absolute Gasteiger partial charge is 0.407 e. The molecule has 0 aliphatic heterocycles. The molecule has 0 heterocycles. The maximum atomic E-state index is 12.3. The molecular formula is C19H26ClNO4. The second-order valence-electron chi connectivity index (χ2n) is 7.05. The molecule has 0 radical (unpaired) electrons. The van der Waals surface area contributed by atoms with Crippen LogP contribution in [0.15, 0.2) is 24.3 Å². The zero-order chi connectivity index (χ0) is 17.8. The number of methoxy groups -OCH3 is 1. The van der Waals surface area contributed by atoms with Crippen molar-refractivity contribution in [2.45, 2.75) is 50.9 Å². The number of amides is 1. The Kier molecular flexibility index (Phi) is 6.20. The van der Waals surface area contributed by atoms with Gasteiger partial charge in [-0.05, 0) is 44.1 Å². The van der Waals surface area contributed by atoms with Crippen molar-refractivity contribution in [2.75, 3.05) is 13.9 Å². The van der Waals surface area contributed by atoms with Gasteiger partial charge in [0.25, 0.3) is 0 Å². The summed E-state index contributed by atoms with van der Waals surface area (Å²) in [6.45, 7) is 1.90. The quantitative estimate of drug-likeness (QED) is 0.730. The van der Waals surface area contributed by atoms with E-state index in [-0.39, 0.29) is 18.9 Å². The molecule has 5 nitrogen and oxygen atoms in total. The van der Waals surface area contributed by atoms with Crippen molar-refractivity contribution in [2.24, 2.45) is 11.8 Å². The van der Waals surface area contributed by atoms with Gasteiger partial charge in [-0.3, -0.25) is 0 Å². The van der Waals surface area contributed by atoms with Gasteiger partial charge in [0.15, 0.2) is 0 Å². The maximum Gasteiger partial charge on any atom is 0.407 e. The molecule has 2 bridgehead atoms. The van der Waals surface area contributed by atoms with Crippen molar-refractivity contribution in [1.29, 1.82) is 0 Å². The second kappa shape index (κ2) is 8.39. The van der Waals surface area contributed by atoms with E-state index < -0.39 is 12.2 Å². The molecule has 2 fully saturated rings. The molecule has 5 unspecified atom stereocenters. The highest BCUT2D eigenvalue weighted by Gasteiger charge is 2.40. The minimum Gasteiger partial charge on any atom is -0.443 e. The molecule has 5 atom stereocenters. The number of rotatable bonds is 7. The Labute approximate surface area is 154 Å². The van der Waals surface area contributed by atoms with E-state index >= 15 is 0 Å². The van der Waals surface area contributed by atoms with Gasteiger partial charge in [0.1, 0.15) is 19.0 Å². The van der Waals surface area contributed by atoms with Crippen LogP contribution in [0.3, 0.4) is 0 Å². The van der Waals surface area contributed by atoms with Crippen molar-refractivity contribution in [1.82, 2.24) is 5.32 Å². The summed E-state index contributed by atoms with van der Waals surface area (Å²) in [6, 6.07) is 7.65. The standard InChI is InChI=1S/C19H26ClNO4/c1-12(18(24-11-23-2)15-5-3-4-6-16(15)20)25-19(22)21-17-10-13-7-8-14(17)9-13/h3-6,12-14,17-18H,7-11H2,1-2H3,(H,21,22). The van der Waals surface area contributed by atoms with Crippen LogP contribution in [0, 0.1) is 11.8 Å². The van der Waals surface area contributed by atoms with Gasteiger partial charge in [-0.1, -0.05) is 36.2 Å². The molecule has 1 amide bonds. The molecule has 2 aliphatic carbocycles. The zero-order valence-corrected chi connectivity index (χ0v) is 15.5. The lowest BCUT2D eigenvalue weighted by Gasteiger charge is -2.27. The average Bonchev–Trinajstić information content (AvgIpc) is 3.19. The van der Waals surface area contributed by atoms with Crippen LogP contribution in [0.25, 0.3) is 0 Å². The van der Waals surface area contributed by atoms with E-state index in [0.29, 0.717) is 10.9 Å². The number of halogens is 1. The predicted octanol–water partition coefficient (Wildman–Crippen LogP) is 4.30. The Morgan fingerprint density at radius 1 is 1.32 bits per heavy atom. The Morgan fingerprint density at radius 2 is 2.12 bits per heavy atom. The monoisotopic (exact) mass is 367 g/mol. The minimum absolute atomic E-state index is 0.0948. The van der Waals surface area contributed by atoms with E-state index in [1.165, 1.54) is 19.3 Å². The van der Waals surface area contributed by atoms with Crippen LogP contribution < -0.4 is 5.32 Å². The first-order valence-corrected chi connectivity index (χ1v) is 9.28. The first-order chi connectivity index (χ1) is 12.1. The first kappa shape index (κ1) is 18.5. The largest absolute Gasteiger partial charge is 0.443 e. The van der Waals surface area contributed by atoms with Gasteiger partial charge in [0.05, 0.1) is 0 Å². The van der Waals surface area contributed by atoms with Gasteiger partial charge in [-0.25, -0.2) is 4.79 Å². The molecule has 1 N–H and O–H groups in total. The number of carbonyl (C=O) groups is 1. The van der Waals surface area contributed by atoms with E-state index in [2.05, 4.69) is 5.32 Å². The van der Waals surface area contributed by atoms with Crippen molar-refractivity contribution >= 4 is 17.7 Å². The summed E-state index contributed by atoms with van der Waals surface area (Å²) >= 11 is 6.28. The third-order valence-corrected chi connectivity index (χ3v) is 5.68. The molecule has 25 heavy (non-hydrogen) atoms. The average molecular weight is 368 g/mol. The molecule has 2 saturated carbocycles. The van der Waals surface area contributed by atoms with Crippen molar-refractivity contribution in [3.63, 3.8) is 0 Å². The second-order valence-corrected chi connectivity index (χ2v) is 7.46. The third kappa shape index (κ3) is 4.46. The van der Waals surface area contributed by atoms with Gasteiger partial charge in [0.2, 0.25) is 0 Å². The minimum atomic E-state index is -0.492. The topological polar surface area (TPSA) is 56.8 Å². The maximum absolute atomic E-state index is 12.3. The van der Waals surface area contributed by atoms with E-state index in [9.17, 15) is 4.79 Å². The summed E-state index contributed by atoms with van der Waals surface area (Å²) in [6.07, 6.45) is 3.45. The fraction of sp³-hybridized carbons (Fsp3) is 0.632.